The van der Waals surface area contributed by atoms with Crippen molar-refractivity contribution < 1.29 is 28.6 Å². The zero-order chi connectivity index (χ0) is 28.6. The molecule has 9 nitrogen and oxygen atoms in total. The predicted molar refractivity (Wildman–Crippen MR) is 155 cm³/mol. The number of carbonyl (C=O) groups excluding carboxylic acids is 3. The van der Waals surface area contributed by atoms with Gasteiger partial charge in [0.15, 0.2) is 5.69 Å². The van der Waals surface area contributed by atoms with Crippen LogP contribution in [-0.4, -0.2) is 42.5 Å². The van der Waals surface area contributed by atoms with E-state index in [1.165, 1.54) is 29.8 Å². The van der Waals surface area contributed by atoms with Gasteiger partial charge < -0.3 is 24.4 Å². The fraction of sp³-hybridized carbons (Fsp3) is 0.241. The van der Waals surface area contributed by atoms with Crippen molar-refractivity contribution in [2.24, 2.45) is 0 Å². The van der Waals surface area contributed by atoms with E-state index in [2.05, 4.69) is 10.3 Å². The second kappa shape index (κ2) is 10.7. The van der Waals surface area contributed by atoms with Crippen LogP contribution in [0.4, 0.5) is 11.4 Å². The number of fused-ring (bicyclic) bond motifs is 1. The number of rotatable bonds is 7. The van der Waals surface area contributed by atoms with Crippen molar-refractivity contribution >= 4 is 51.9 Å². The molecular formula is C29H27N3O6S2. The van der Waals surface area contributed by atoms with E-state index in [1.807, 2.05) is 39.0 Å². The molecule has 0 fully saturated rings. The Labute approximate surface area is 239 Å². The molecule has 1 amide bonds. The zero-order valence-corrected chi connectivity index (χ0v) is 24.2. The Bertz CT molecular complexity index is 1610. The van der Waals surface area contributed by atoms with E-state index < -0.39 is 17.5 Å². The molecule has 4 aromatic rings. The summed E-state index contributed by atoms with van der Waals surface area (Å²) in [6.45, 7) is 5.47. The van der Waals surface area contributed by atoms with E-state index >= 15 is 0 Å². The van der Waals surface area contributed by atoms with E-state index in [0.29, 0.717) is 33.0 Å². The van der Waals surface area contributed by atoms with Gasteiger partial charge >= 0.3 is 11.9 Å². The van der Waals surface area contributed by atoms with Crippen molar-refractivity contribution in [3.05, 3.63) is 74.4 Å². The van der Waals surface area contributed by atoms with Gasteiger partial charge in [-0.25, -0.2) is 14.6 Å². The SMILES string of the molecule is COc1cc(OC(=O)c2cscn2)ccc1-c1ccc2c(c1COC(=O)c1ccc(C)s1)N(C)C(=O)C(C)(C)N2. The van der Waals surface area contributed by atoms with Gasteiger partial charge in [-0.15, -0.1) is 22.7 Å². The number of ether oxygens (including phenoxy) is 3. The Kier molecular flexibility index (Phi) is 7.35. The summed E-state index contributed by atoms with van der Waals surface area (Å²) in [6.07, 6.45) is 0. The van der Waals surface area contributed by atoms with E-state index in [-0.39, 0.29) is 24.0 Å². The van der Waals surface area contributed by atoms with Crippen LogP contribution in [0.15, 0.2) is 53.4 Å². The summed E-state index contributed by atoms with van der Waals surface area (Å²) in [5.41, 5.74) is 4.31. The maximum Gasteiger partial charge on any atom is 0.363 e. The van der Waals surface area contributed by atoms with Crippen LogP contribution >= 0.6 is 22.7 Å². The monoisotopic (exact) mass is 577 g/mol. The number of likely N-dealkylation sites (N-methyl/N-ethyl adjacent to an activating group) is 1. The molecular weight excluding hydrogens is 550 g/mol. The number of thiazole rings is 1. The molecule has 40 heavy (non-hydrogen) atoms. The molecule has 1 aliphatic heterocycles. The van der Waals surface area contributed by atoms with Crippen LogP contribution in [0, 0.1) is 6.92 Å². The highest BCUT2D eigenvalue weighted by molar-refractivity contribution is 7.13. The lowest BCUT2D eigenvalue weighted by molar-refractivity contribution is -0.121. The van der Waals surface area contributed by atoms with E-state index in [9.17, 15) is 14.4 Å². The van der Waals surface area contributed by atoms with Crippen molar-refractivity contribution in [2.45, 2.75) is 32.9 Å². The molecule has 0 aliphatic carbocycles. The third-order valence-corrected chi connectivity index (χ3v) is 8.08. The van der Waals surface area contributed by atoms with Crippen LogP contribution in [0.25, 0.3) is 11.1 Å². The molecule has 1 N–H and O–H groups in total. The topological polar surface area (TPSA) is 107 Å². The smallest absolute Gasteiger partial charge is 0.363 e. The van der Waals surface area contributed by atoms with Gasteiger partial charge in [0.2, 0.25) is 0 Å². The number of nitrogens with one attached hydrogen (secondary N) is 1. The van der Waals surface area contributed by atoms with Gasteiger partial charge in [0, 0.05) is 34.5 Å². The summed E-state index contributed by atoms with van der Waals surface area (Å²) < 4.78 is 16.9. The van der Waals surface area contributed by atoms with E-state index in [4.69, 9.17) is 14.2 Å². The first kappa shape index (κ1) is 27.4. The number of thiophene rings is 1. The molecule has 0 atom stereocenters. The Morgan fingerprint density at radius 3 is 2.52 bits per heavy atom. The number of aromatic nitrogens is 1. The quantitative estimate of drug-likeness (QED) is 0.213. The molecule has 3 heterocycles. The fourth-order valence-electron chi connectivity index (χ4n) is 4.61. The van der Waals surface area contributed by atoms with Crippen molar-refractivity contribution in [1.82, 2.24) is 4.98 Å². The molecule has 206 valence electrons. The van der Waals surface area contributed by atoms with Gasteiger partial charge in [-0.3, -0.25) is 4.79 Å². The standard InChI is InChI=1S/C29H27N3O6S2/c1-16-6-11-24(40-16)27(34)37-13-20-18(9-10-21-25(20)32(4)28(35)29(2,3)31-21)19-8-7-17(12-23(19)36-5)38-26(33)22-14-39-15-30-22/h6-12,14-15,31H,13H2,1-5H3. The molecule has 1 aliphatic rings. The molecule has 0 saturated heterocycles. The largest absolute Gasteiger partial charge is 0.496 e. The number of nitrogens with zero attached hydrogens (tertiary/aromatic N) is 2. The Morgan fingerprint density at radius 1 is 1.07 bits per heavy atom. The van der Waals surface area contributed by atoms with Gasteiger partial charge in [0.1, 0.15) is 28.5 Å². The number of methoxy groups -OCH3 is 1. The van der Waals surface area contributed by atoms with Crippen molar-refractivity contribution in [3.8, 4) is 22.6 Å². The van der Waals surface area contributed by atoms with Gasteiger partial charge in [0.25, 0.3) is 5.91 Å². The average Bonchev–Trinajstić information content (AvgIpc) is 3.62. The average molecular weight is 578 g/mol. The van der Waals surface area contributed by atoms with Crippen LogP contribution in [0.5, 0.6) is 11.5 Å². The summed E-state index contributed by atoms with van der Waals surface area (Å²) in [6, 6.07) is 12.4. The summed E-state index contributed by atoms with van der Waals surface area (Å²) in [5, 5.41) is 4.92. The molecule has 2 aromatic heterocycles. The lowest BCUT2D eigenvalue weighted by Gasteiger charge is -2.39. The number of amides is 1. The first-order chi connectivity index (χ1) is 19.1. The highest BCUT2D eigenvalue weighted by Gasteiger charge is 2.39. The molecule has 5 rings (SSSR count). The third-order valence-electron chi connectivity index (χ3n) is 6.51. The molecule has 0 radical (unpaired) electrons. The maximum atomic E-state index is 13.2. The van der Waals surface area contributed by atoms with Crippen molar-refractivity contribution in [1.29, 1.82) is 0 Å². The number of anilines is 2. The lowest BCUT2D eigenvalue weighted by atomic mass is 9.91. The first-order valence-corrected chi connectivity index (χ1v) is 14.1. The summed E-state index contributed by atoms with van der Waals surface area (Å²) in [7, 11) is 3.22. The number of carbonyl (C=O) groups is 3. The number of benzene rings is 2. The molecule has 0 unspecified atom stereocenters. The van der Waals surface area contributed by atoms with Gasteiger partial charge in [-0.1, -0.05) is 6.07 Å². The summed E-state index contributed by atoms with van der Waals surface area (Å²) in [5.74, 6) is -0.433. The Hall–Kier alpha value is -4.22. The number of hydrogen-bond acceptors (Lipinski definition) is 10. The predicted octanol–water partition coefficient (Wildman–Crippen LogP) is 5.93. The van der Waals surface area contributed by atoms with Crippen LogP contribution in [0.2, 0.25) is 0 Å². The molecule has 0 bridgehead atoms. The Morgan fingerprint density at radius 2 is 1.85 bits per heavy atom. The first-order valence-electron chi connectivity index (χ1n) is 12.3. The molecule has 0 spiro atoms. The lowest BCUT2D eigenvalue weighted by Crippen LogP contribution is -2.52. The second-order valence-electron chi connectivity index (χ2n) is 9.71. The third kappa shape index (κ3) is 5.17. The normalized spacial score (nSPS) is 13.8. The minimum absolute atomic E-state index is 0.0856. The highest BCUT2D eigenvalue weighted by atomic mass is 32.1. The molecule has 0 saturated carbocycles. The highest BCUT2D eigenvalue weighted by Crippen LogP contribution is 2.45. The fourth-order valence-corrected chi connectivity index (χ4v) is 5.90. The molecule has 2 aromatic carbocycles. The number of esters is 2. The van der Waals surface area contributed by atoms with E-state index in [1.54, 1.807) is 47.1 Å². The van der Waals surface area contributed by atoms with Crippen LogP contribution in [0.3, 0.4) is 0 Å². The van der Waals surface area contributed by atoms with E-state index in [0.717, 1.165) is 10.6 Å². The van der Waals surface area contributed by atoms with Gasteiger partial charge in [0.05, 0.1) is 24.0 Å². The summed E-state index contributed by atoms with van der Waals surface area (Å²) in [4.78, 5) is 45.6. The second-order valence-corrected chi connectivity index (χ2v) is 11.7. The number of hydrogen-bond donors (Lipinski definition) is 1. The summed E-state index contributed by atoms with van der Waals surface area (Å²) >= 11 is 2.66. The van der Waals surface area contributed by atoms with Crippen molar-refractivity contribution in [3.63, 3.8) is 0 Å². The van der Waals surface area contributed by atoms with Crippen LogP contribution in [-0.2, 0) is 16.1 Å². The van der Waals surface area contributed by atoms with Crippen LogP contribution in [0.1, 0.15) is 44.4 Å². The maximum absolute atomic E-state index is 13.2. The van der Waals surface area contributed by atoms with Gasteiger partial charge in [-0.2, -0.15) is 0 Å². The minimum Gasteiger partial charge on any atom is -0.496 e. The minimum atomic E-state index is -0.813. The Balaban J connectivity index is 1.56. The zero-order valence-electron chi connectivity index (χ0n) is 22.6. The number of aryl methyl sites for hydroxylation is 1. The molecule has 11 heteroatoms. The van der Waals surface area contributed by atoms with Crippen LogP contribution < -0.4 is 19.7 Å². The van der Waals surface area contributed by atoms with Gasteiger partial charge in [-0.05, 0) is 56.7 Å². The van der Waals surface area contributed by atoms with Crippen molar-refractivity contribution in [2.75, 3.05) is 24.4 Å².